The van der Waals surface area contributed by atoms with Gasteiger partial charge in [0, 0.05) is 13.1 Å². The van der Waals surface area contributed by atoms with E-state index in [1.165, 1.54) is 16.9 Å². The molecule has 3 rings (SSSR count). The standard InChI is InChI=1S/C17H16BrNO3S/c1-11(22-17(21)14-6-7-15(18)23-14)16(20)19-9-8-12-4-2-3-5-13(12)10-19/h2-7,11H,8-10H2,1H3. The lowest BCUT2D eigenvalue weighted by molar-refractivity contribution is -0.140. The van der Waals surface area contributed by atoms with Crippen molar-refractivity contribution >= 4 is 39.1 Å². The van der Waals surface area contributed by atoms with Crippen molar-refractivity contribution in [1.82, 2.24) is 4.90 Å². The van der Waals surface area contributed by atoms with Gasteiger partial charge in [-0.3, -0.25) is 4.79 Å². The molecule has 1 aromatic carbocycles. The Labute approximate surface area is 147 Å². The van der Waals surface area contributed by atoms with E-state index in [0.717, 1.165) is 15.8 Å². The fraction of sp³-hybridized carbons (Fsp3) is 0.294. The van der Waals surface area contributed by atoms with Gasteiger partial charge in [0.2, 0.25) is 0 Å². The van der Waals surface area contributed by atoms with Crippen LogP contribution in [0.4, 0.5) is 0 Å². The fourth-order valence-corrected chi connectivity index (χ4v) is 3.90. The highest BCUT2D eigenvalue weighted by Crippen LogP contribution is 2.24. The first-order valence-corrected chi connectivity index (χ1v) is 8.97. The fourth-order valence-electron chi connectivity index (χ4n) is 2.63. The summed E-state index contributed by atoms with van der Waals surface area (Å²) in [7, 11) is 0. The number of carbonyl (C=O) groups is 2. The third-order valence-corrected chi connectivity index (χ3v) is 5.45. The van der Waals surface area contributed by atoms with Crippen molar-refractivity contribution in [2.75, 3.05) is 6.54 Å². The SMILES string of the molecule is CC(OC(=O)c1ccc(Br)s1)C(=O)N1CCc2ccccc2C1. The van der Waals surface area contributed by atoms with Gasteiger partial charge >= 0.3 is 5.97 Å². The number of fused-ring (bicyclic) bond motifs is 1. The summed E-state index contributed by atoms with van der Waals surface area (Å²) in [5.74, 6) is -0.609. The van der Waals surface area contributed by atoms with E-state index in [9.17, 15) is 9.59 Å². The second-order valence-corrected chi connectivity index (χ2v) is 7.89. The van der Waals surface area contributed by atoms with Gasteiger partial charge in [0.1, 0.15) is 4.88 Å². The lowest BCUT2D eigenvalue weighted by Gasteiger charge is -2.30. The Morgan fingerprint density at radius 1 is 1.22 bits per heavy atom. The van der Waals surface area contributed by atoms with Crippen LogP contribution in [0.5, 0.6) is 0 Å². The van der Waals surface area contributed by atoms with E-state index in [-0.39, 0.29) is 5.91 Å². The minimum absolute atomic E-state index is 0.150. The van der Waals surface area contributed by atoms with Crippen molar-refractivity contribution in [1.29, 1.82) is 0 Å². The van der Waals surface area contributed by atoms with Gasteiger partial charge in [-0.15, -0.1) is 11.3 Å². The molecule has 0 spiro atoms. The van der Waals surface area contributed by atoms with Gasteiger partial charge in [0.05, 0.1) is 3.79 Å². The molecule has 1 atom stereocenters. The number of nitrogens with zero attached hydrogens (tertiary/aromatic N) is 1. The molecule has 0 saturated heterocycles. The van der Waals surface area contributed by atoms with Crippen LogP contribution in [0.3, 0.4) is 0 Å². The number of esters is 1. The average Bonchev–Trinajstić information content (AvgIpc) is 3.00. The highest BCUT2D eigenvalue weighted by atomic mass is 79.9. The van der Waals surface area contributed by atoms with E-state index in [1.807, 2.05) is 18.2 Å². The Morgan fingerprint density at radius 3 is 2.65 bits per heavy atom. The highest BCUT2D eigenvalue weighted by Gasteiger charge is 2.27. The predicted octanol–water partition coefficient (Wildman–Crippen LogP) is 3.64. The molecule has 120 valence electrons. The molecule has 2 heterocycles. The molecule has 1 unspecified atom stereocenters. The van der Waals surface area contributed by atoms with Gasteiger partial charge in [-0.2, -0.15) is 0 Å². The normalized spacial score (nSPS) is 15.0. The van der Waals surface area contributed by atoms with E-state index in [4.69, 9.17) is 4.74 Å². The average molecular weight is 394 g/mol. The maximum Gasteiger partial charge on any atom is 0.349 e. The Bertz CT molecular complexity index is 743. The van der Waals surface area contributed by atoms with Crippen LogP contribution < -0.4 is 0 Å². The number of amides is 1. The van der Waals surface area contributed by atoms with Gasteiger partial charge in [0.25, 0.3) is 5.91 Å². The van der Waals surface area contributed by atoms with E-state index >= 15 is 0 Å². The number of thiophene rings is 1. The van der Waals surface area contributed by atoms with Gasteiger partial charge in [-0.1, -0.05) is 24.3 Å². The number of hydrogen-bond acceptors (Lipinski definition) is 4. The number of halogens is 1. The van der Waals surface area contributed by atoms with Crippen LogP contribution in [0.2, 0.25) is 0 Å². The third kappa shape index (κ3) is 3.64. The molecular weight excluding hydrogens is 378 g/mol. The summed E-state index contributed by atoms with van der Waals surface area (Å²) in [5.41, 5.74) is 2.44. The quantitative estimate of drug-likeness (QED) is 0.747. The zero-order valence-corrected chi connectivity index (χ0v) is 15.0. The maximum absolute atomic E-state index is 12.5. The van der Waals surface area contributed by atoms with E-state index in [2.05, 4.69) is 22.0 Å². The number of ether oxygens (including phenoxy) is 1. The Kier molecular flexibility index (Phi) is 4.82. The molecule has 1 aliphatic rings. The molecular formula is C17H16BrNO3S. The van der Waals surface area contributed by atoms with Crippen molar-refractivity contribution in [3.63, 3.8) is 0 Å². The van der Waals surface area contributed by atoms with Crippen LogP contribution in [0.1, 0.15) is 27.7 Å². The molecule has 0 fully saturated rings. The van der Waals surface area contributed by atoms with Crippen molar-refractivity contribution in [2.24, 2.45) is 0 Å². The molecule has 6 heteroatoms. The molecule has 2 aromatic rings. The monoisotopic (exact) mass is 393 g/mol. The highest BCUT2D eigenvalue weighted by molar-refractivity contribution is 9.11. The van der Waals surface area contributed by atoms with Crippen molar-refractivity contribution in [3.8, 4) is 0 Å². The minimum Gasteiger partial charge on any atom is -0.448 e. The first-order valence-electron chi connectivity index (χ1n) is 7.36. The molecule has 0 bridgehead atoms. The molecule has 1 aliphatic heterocycles. The summed E-state index contributed by atoms with van der Waals surface area (Å²) in [6.07, 6.45) is 0.0501. The molecule has 0 saturated carbocycles. The third-order valence-electron chi connectivity index (χ3n) is 3.85. The first kappa shape index (κ1) is 16.2. The summed E-state index contributed by atoms with van der Waals surface area (Å²) in [4.78, 5) is 26.8. The smallest absolute Gasteiger partial charge is 0.349 e. The molecule has 4 nitrogen and oxygen atoms in total. The van der Waals surface area contributed by atoms with Crippen molar-refractivity contribution < 1.29 is 14.3 Å². The zero-order chi connectivity index (χ0) is 16.4. The first-order chi connectivity index (χ1) is 11.0. The van der Waals surface area contributed by atoms with Gasteiger partial charge in [-0.25, -0.2) is 4.79 Å². The topological polar surface area (TPSA) is 46.6 Å². The number of rotatable bonds is 3. The van der Waals surface area contributed by atoms with E-state index < -0.39 is 12.1 Å². The van der Waals surface area contributed by atoms with Crippen LogP contribution in [0.15, 0.2) is 40.2 Å². The molecule has 0 aliphatic carbocycles. The maximum atomic E-state index is 12.5. The van der Waals surface area contributed by atoms with Gasteiger partial charge in [0.15, 0.2) is 6.10 Å². The molecule has 23 heavy (non-hydrogen) atoms. The number of carbonyl (C=O) groups excluding carboxylic acids is 2. The van der Waals surface area contributed by atoms with E-state index in [0.29, 0.717) is 18.0 Å². The lowest BCUT2D eigenvalue weighted by atomic mass is 9.99. The second kappa shape index (κ2) is 6.84. The van der Waals surface area contributed by atoms with Crippen LogP contribution in [-0.2, 0) is 22.5 Å². The van der Waals surface area contributed by atoms with Gasteiger partial charge < -0.3 is 9.64 Å². The summed E-state index contributed by atoms with van der Waals surface area (Å²) >= 11 is 4.60. The van der Waals surface area contributed by atoms with Crippen molar-refractivity contribution in [3.05, 3.63) is 56.2 Å². The van der Waals surface area contributed by atoms with Crippen molar-refractivity contribution in [2.45, 2.75) is 26.0 Å². The molecule has 0 N–H and O–H groups in total. The predicted molar refractivity (Wildman–Crippen MR) is 92.5 cm³/mol. The van der Waals surface area contributed by atoms with Gasteiger partial charge in [-0.05, 0) is 52.5 Å². The van der Waals surface area contributed by atoms with E-state index in [1.54, 1.807) is 24.0 Å². The zero-order valence-electron chi connectivity index (χ0n) is 12.6. The van der Waals surface area contributed by atoms with Crippen LogP contribution >= 0.6 is 27.3 Å². The number of hydrogen-bond donors (Lipinski definition) is 0. The minimum atomic E-state index is -0.784. The summed E-state index contributed by atoms with van der Waals surface area (Å²) in [5, 5.41) is 0. The number of benzene rings is 1. The second-order valence-electron chi connectivity index (χ2n) is 5.43. The lowest BCUT2D eigenvalue weighted by Crippen LogP contribution is -2.42. The summed E-state index contributed by atoms with van der Waals surface area (Å²) in [6.45, 7) is 2.85. The Hall–Kier alpha value is -1.66. The van der Waals surface area contributed by atoms with Crippen LogP contribution in [0, 0.1) is 0 Å². The summed E-state index contributed by atoms with van der Waals surface area (Å²) in [6, 6.07) is 11.6. The molecule has 1 aromatic heterocycles. The molecule has 1 amide bonds. The Morgan fingerprint density at radius 2 is 1.96 bits per heavy atom. The molecule has 0 radical (unpaired) electrons. The van der Waals surface area contributed by atoms with Crippen LogP contribution in [-0.4, -0.2) is 29.4 Å². The Balaban J connectivity index is 1.63. The summed E-state index contributed by atoms with van der Waals surface area (Å²) < 4.78 is 6.17. The largest absolute Gasteiger partial charge is 0.448 e. The van der Waals surface area contributed by atoms with Crippen LogP contribution in [0.25, 0.3) is 0 Å².